The van der Waals surface area contributed by atoms with E-state index in [1.807, 2.05) is 49.9 Å². The SMILES string of the molecule is Cc1cccc(Oc2ncccc2NC(=O)CC2CSCCN2)c1C. The highest BCUT2D eigenvalue weighted by Crippen LogP contribution is 2.30. The van der Waals surface area contributed by atoms with Crippen molar-refractivity contribution in [3.8, 4) is 11.6 Å². The van der Waals surface area contributed by atoms with Crippen molar-refractivity contribution in [1.29, 1.82) is 0 Å². The molecule has 5 nitrogen and oxygen atoms in total. The third-order valence-electron chi connectivity index (χ3n) is 4.24. The third kappa shape index (κ3) is 4.74. The molecule has 2 heterocycles. The molecule has 1 unspecified atom stereocenters. The third-order valence-corrected chi connectivity index (χ3v) is 5.37. The number of anilines is 1. The van der Waals surface area contributed by atoms with Crippen LogP contribution in [0.15, 0.2) is 36.5 Å². The minimum atomic E-state index is -0.0289. The fraction of sp³-hybridized carbons (Fsp3) is 0.368. The van der Waals surface area contributed by atoms with Gasteiger partial charge < -0.3 is 15.4 Å². The van der Waals surface area contributed by atoms with Gasteiger partial charge in [0.25, 0.3) is 0 Å². The zero-order valence-electron chi connectivity index (χ0n) is 14.5. The van der Waals surface area contributed by atoms with Crippen LogP contribution in [-0.2, 0) is 4.79 Å². The van der Waals surface area contributed by atoms with Gasteiger partial charge in [0.05, 0.1) is 0 Å². The summed E-state index contributed by atoms with van der Waals surface area (Å²) in [5, 5.41) is 6.31. The normalized spacial score (nSPS) is 17.1. The topological polar surface area (TPSA) is 63.2 Å². The second-order valence-electron chi connectivity index (χ2n) is 6.13. The van der Waals surface area contributed by atoms with Crippen molar-refractivity contribution in [1.82, 2.24) is 10.3 Å². The summed E-state index contributed by atoms with van der Waals surface area (Å²) < 4.78 is 5.97. The van der Waals surface area contributed by atoms with Crippen LogP contribution in [0.1, 0.15) is 17.5 Å². The summed E-state index contributed by atoms with van der Waals surface area (Å²) in [5.74, 6) is 3.20. The number of nitrogens with one attached hydrogen (secondary N) is 2. The summed E-state index contributed by atoms with van der Waals surface area (Å²) >= 11 is 1.88. The number of ether oxygens (including phenoxy) is 1. The van der Waals surface area contributed by atoms with Gasteiger partial charge in [-0.1, -0.05) is 12.1 Å². The number of pyridine rings is 1. The molecule has 0 bridgehead atoms. The van der Waals surface area contributed by atoms with Crippen molar-refractivity contribution in [3.63, 3.8) is 0 Å². The van der Waals surface area contributed by atoms with E-state index in [-0.39, 0.29) is 11.9 Å². The van der Waals surface area contributed by atoms with Crippen LogP contribution in [0.4, 0.5) is 5.69 Å². The summed E-state index contributed by atoms with van der Waals surface area (Å²) in [6, 6.07) is 9.73. The molecule has 1 saturated heterocycles. The molecule has 0 aliphatic carbocycles. The van der Waals surface area contributed by atoms with Crippen molar-refractivity contribution < 1.29 is 9.53 Å². The molecule has 6 heteroatoms. The molecular formula is C19H23N3O2S. The molecule has 0 radical (unpaired) electrons. The van der Waals surface area contributed by atoms with Gasteiger partial charge in [-0.3, -0.25) is 4.79 Å². The van der Waals surface area contributed by atoms with E-state index < -0.39 is 0 Å². The Morgan fingerprint density at radius 3 is 3.04 bits per heavy atom. The quantitative estimate of drug-likeness (QED) is 0.857. The molecule has 1 aliphatic heterocycles. The zero-order chi connectivity index (χ0) is 17.6. The van der Waals surface area contributed by atoms with E-state index in [0.29, 0.717) is 18.0 Å². The van der Waals surface area contributed by atoms with Gasteiger partial charge in [0.2, 0.25) is 11.8 Å². The van der Waals surface area contributed by atoms with Crippen LogP contribution >= 0.6 is 11.8 Å². The van der Waals surface area contributed by atoms with Gasteiger partial charge in [0.1, 0.15) is 11.4 Å². The first-order chi connectivity index (χ1) is 12.1. The molecule has 1 aromatic heterocycles. The molecule has 1 atom stereocenters. The van der Waals surface area contributed by atoms with Crippen LogP contribution in [0.25, 0.3) is 0 Å². The Morgan fingerprint density at radius 2 is 2.24 bits per heavy atom. The molecule has 1 fully saturated rings. The maximum absolute atomic E-state index is 12.4. The number of thioether (sulfide) groups is 1. The Kier molecular flexibility index (Phi) is 5.94. The Labute approximate surface area is 152 Å². The molecule has 0 saturated carbocycles. The predicted octanol–water partition coefficient (Wildman–Crippen LogP) is 3.52. The van der Waals surface area contributed by atoms with Gasteiger partial charge in [0, 0.05) is 36.7 Å². The molecular weight excluding hydrogens is 334 g/mol. The van der Waals surface area contributed by atoms with Gasteiger partial charge >= 0.3 is 0 Å². The number of hydrogen-bond acceptors (Lipinski definition) is 5. The number of carbonyl (C=O) groups excluding carboxylic acids is 1. The molecule has 1 aliphatic rings. The number of aryl methyl sites for hydroxylation is 1. The average Bonchev–Trinajstić information content (AvgIpc) is 2.61. The average molecular weight is 357 g/mol. The molecule has 1 aromatic carbocycles. The lowest BCUT2D eigenvalue weighted by atomic mass is 10.1. The lowest BCUT2D eigenvalue weighted by Crippen LogP contribution is -2.39. The predicted molar refractivity (Wildman–Crippen MR) is 103 cm³/mol. The van der Waals surface area contributed by atoms with Crippen LogP contribution in [-0.4, -0.2) is 35.0 Å². The van der Waals surface area contributed by atoms with Gasteiger partial charge in [0.15, 0.2) is 0 Å². The highest BCUT2D eigenvalue weighted by molar-refractivity contribution is 7.99. The fourth-order valence-electron chi connectivity index (χ4n) is 2.68. The fourth-order valence-corrected chi connectivity index (χ4v) is 3.63. The number of carbonyl (C=O) groups is 1. The van der Waals surface area contributed by atoms with E-state index in [9.17, 15) is 4.79 Å². The maximum Gasteiger partial charge on any atom is 0.243 e. The molecule has 0 spiro atoms. The van der Waals surface area contributed by atoms with Crippen molar-refractivity contribution in [2.75, 3.05) is 23.4 Å². The number of nitrogens with zero attached hydrogens (tertiary/aromatic N) is 1. The minimum Gasteiger partial charge on any atom is -0.437 e. The summed E-state index contributed by atoms with van der Waals surface area (Å²) in [6.45, 7) is 5.01. The second-order valence-corrected chi connectivity index (χ2v) is 7.28. The Morgan fingerprint density at radius 1 is 1.36 bits per heavy atom. The van der Waals surface area contributed by atoms with E-state index in [1.165, 1.54) is 0 Å². The largest absolute Gasteiger partial charge is 0.437 e. The van der Waals surface area contributed by atoms with Crippen molar-refractivity contribution >= 4 is 23.4 Å². The number of aromatic nitrogens is 1. The minimum absolute atomic E-state index is 0.0289. The van der Waals surface area contributed by atoms with E-state index in [1.54, 1.807) is 12.3 Å². The summed E-state index contributed by atoms with van der Waals surface area (Å²) in [4.78, 5) is 16.7. The molecule has 1 amide bonds. The lowest BCUT2D eigenvalue weighted by molar-refractivity contribution is -0.116. The van der Waals surface area contributed by atoms with Crippen LogP contribution in [0.3, 0.4) is 0 Å². The van der Waals surface area contributed by atoms with Gasteiger partial charge in [-0.05, 0) is 43.2 Å². The molecule has 2 N–H and O–H groups in total. The molecule has 3 rings (SSSR count). The first-order valence-corrected chi connectivity index (χ1v) is 9.59. The Bertz CT molecular complexity index is 745. The number of amides is 1. The standard InChI is InChI=1S/C19H23N3O2S/c1-13-5-3-7-17(14(13)2)24-19-16(6-4-8-21-19)22-18(23)11-15-12-25-10-9-20-15/h3-8,15,20H,9-12H2,1-2H3,(H,22,23). The summed E-state index contributed by atoms with van der Waals surface area (Å²) in [6.07, 6.45) is 2.11. The van der Waals surface area contributed by atoms with E-state index in [2.05, 4.69) is 15.6 Å². The van der Waals surface area contributed by atoms with E-state index in [0.717, 1.165) is 34.9 Å². The lowest BCUT2D eigenvalue weighted by Gasteiger charge is -2.22. The monoisotopic (exact) mass is 357 g/mol. The van der Waals surface area contributed by atoms with Crippen LogP contribution < -0.4 is 15.4 Å². The highest BCUT2D eigenvalue weighted by atomic mass is 32.2. The van der Waals surface area contributed by atoms with Gasteiger partial charge in [-0.25, -0.2) is 4.98 Å². The van der Waals surface area contributed by atoms with Crippen LogP contribution in [0, 0.1) is 13.8 Å². The number of rotatable bonds is 5. The molecule has 25 heavy (non-hydrogen) atoms. The van der Waals surface area contributed by atoms with Crippen molar-refractivity contribution in [2.45, 2.75) is 26.3 Å². The van der Waals surface area contributed by atoms with E-state index >= 15 is 0 Å². The highest BCUT2D eigenvalue weighted by Gasteiger charge is 2.18. The smallest absolute Gasteiger partial charge is 0.243 e. The van der Waals surface area contributed by atoms with Gasteiger partial charge in [-0.2, -0.15) is 11.8 Å². The summed E-state index contributed by atoms with van der Waals surface area (Å²) in [5.41, 5.74) is 2.81. The second kappa shape index (κ2) is 8.36. The number of benzene rings is 1. The van der Waals surface area contributed by atoms with Crippen molar-refractivity contribution in [2.24, 2.45) is 0 Å². The van der Waals surface area contributed by atoms with Crippen LogP contribution in [0.5, 0.6) is 11.6 Å². The van der Waals surface area contributed by atoms with Gasteiger partial charge in [-0.15, -0.1) is 0 Å². The first-order valence-electron chi connectivity index (χ1n) is 8.43. The van der Waals surface area contributed by atoms with E-state index in [4.69, 9.17) is 4.74 Å². The first kappa shape index (κ1) is 17.8. The maximum atomic E-state index is 12.4. The Hall–Kier alpha value is -2.05. The summed E-state index contributed by atoms with van der Waals surface area (Å²) in [7, 11) is 0. The molecule has 2 aromatic rings. The Balaban J connectivity index is 1.70. The van der Waals surface area contributed by atoms with Crippen LogP contribution in [0.2, 0.25) is 0 Å². The zero-order valence-corrected chi connectivity index (χ0v) is 15.4. The molecule has 132 valence electrons. The number of hydrogen-bond donors (Lipinski definition) is 2. The van der Waals surface area contributed by atoms with Crippen molar-refractivity contribution in [3.05, 3.63) is 47.7 Å².